The third-order valence-electron chi connectivity index (χ3n) is 2.05. The van der Waals surface area contributed by atoms with Crippen molar-refractivity contribution in [2.45, 2.75) is 19.8 Å². The summed E-state index contributed by atoms with van der Waals surface area (Å²) < 4.78 is 42.8. The number of hydrogen-bond donors (Lipinski definition) is 0. The van der Waals surface area contributed by atoms with Crippen molar-refractivity contribution in [2.24, 2.45) is 0 Å². The molecule has 0 amide bonds. The van der Waals surface area contributed by atoms with Crippen LogP contribution in [0.2, 0.25) is 0 Å². The summed E-state index contributed by atoms with van der Waals surface area (Å²) in [5, 5.41) is 8.66. The van der Waals surface area contributed by atoms with Gasteiger partial charge in [-0.1, -0.05) is 0 Å². The Kier molecular flexibility index (Phi) is 4.66. The van der Waals surface area contributed by atoms with Gasteiger partial charge < -0.3 is 4.74 Å². The summed E-state index contributed by atoms with van der Waals surface area (Å²) >= 11 is 0. The number of nitrogens with zero attached hydrogens (tertiary/aromatic N) is 2. The average molecular weight is 258 g/mol. The van der Waals surface area contributed by atoms with Crippen molar-refractivity contribution >= 4 is 5.97 Å². The zero-order valence-corrected chi connectivity index (χ0v) is 9.41. The Hall–Kier alpha value is -2.10. The molecule has 4 nitrogen and oxygen atoms in total. The second-order valence-electron chi connectivity index (χ2n) is 3.27. The van der Waals surface area contributed by atoms with Crippen LogP contribution in [0.3, 0.4) is 0 Å². The molecule has 1 aromatic heterocycles. The van der Waals surface area contributed by atoms with Gasteiger partial charge in [-0.3, -0.25) is 4.79 Å². The number of carbonyl (C=O) groups excluding carboxylic acids is 1. The summed E-state index contributed by atoms with van der Waals surface area (Å²) in [5.41, 5.74) is -1.62. The summed E-state index contributed by atoms with van der Waals surface area (Å²) in [4.78, 5) is 14.1. The molecule has 0 bridgehead atoms. The number of halogens is 3. The van der Waals surface area contributed by atoms with Gasteiger partial charge in [-0.05, 0) is 13.0 Å². The molecule has 0 N–H and O–H groups in total. The van der Waals surface area contributed by atoms with Gasteiger partial charge in [0.1, 0.15) is 11.8 Å². The van der Waals surface area contributed by atoms with Gasteiger partial charge in [0, 0.05) is 5.56 Å². The predicted octanol–water partition coefficient (Wildman–Crippen LogP) is 2.14. The molecule has 7 heteroatoms. The van der Waals surface area contributed by atoms with E-state index in [0.717, 1.165) is 6.07 Å². The molecule has 0 fully saturated rings. The van der Waals surface area contributed by atoms with Gasteiger partial charge in [-0.25, -0.2) is 13.8 Å². The minimum atomic E-state index is -3.05. The molecular formula is C11H9F3N2O2. The number of alkyl halides is 2. The maximum Gasteiger partial charge on any atom is 0.310 e. The van der Waals surface area contributed by atoms with Gasteiger partial charge in [0.15, 0.2) is 0 Å². The van der Waals surface area contributed by atoms with E-state index in [-0.39, 0.29) is 12.2 Å². The van der Waals surface area contributed by atoms with Gasteiger partial charge in [0.2, 0.25) is 5.95 Å². The fourth-order valence-electron chi connectivity index (χ4n) is 1.29. The molecule has 0 spiro atoms. The highest BCUT2D eigenvalue weighted by atomic mass is 19.3. The first-order chi connectivity index (χ1) is 8.49. The Morgan fingerprint density at radius 2 is 2.28 bits per heavy atom. The highest BCUT2D eigenvalue weighted by molar-refractivity contribution is 5.72. The van der Waals surface area contributed by atoms with Crippen LogP contribution in [0, 0.1) is 17.3 Å². The van der Waals surface area contributed by atoms with Crippen LogP contribution < -0.4 is 0 Å². The Morgan fingerprint density at radius 1 is 1.61 bits per heavy atom. The van der Waals surface area contributed by atoms with Crippen molar-refractivity contribution in [3.8, 4) is 6.07 Å². The lowest BCUT2D eigenvalue weighted by atomic mass is 10.1. The number of carbonyl (C=O) groups is 1. The molecule has 0 radical (unpaired) electrons. The molecule has 96 valence electrons. The largest absolute Gasteiger partial charge is 0.466 e. The van der Waals surface area contributed by atoms with Crippen molar-refractivity contribution in [1.82, 2.24) is 4.98 Å². The molecule has 0 aliphatic heterocycles. The van der Waals surface area contributed by atoms with E-state index in [1.54, 1.807) is 6.92 Å². The van der Waals surface area contributed by atoms with E-state index in [2.05, 4.69) is 9.72 Å². The number of nitriles is 1. The molecule has 0 unspecified atom stereocenters. The Labute approximate surface area is 101 Å². The van der Waals surface area contributed by atoms with Crippen LogP contribution in [-0.2, 0) is 16.0 Å². The molecule has 0 aromatic carbocycles. The van der Waals surface area contributed by atoms with Crippen molar-refractivity contribution in [3.05, 3.63) is 28.8 Å². The molecule has 1 rings (SSSR count). The number of esters is 1. The van der Waals surface area contributed by atoms with E-state index < -0.39 is 36.0 Å². The van der Waals surface area contributed by atoms with E-state index in [9.17, 15) is 18.0 Å². The van der Waals surface area contributed by atoms with Crippen LogP contribution in [0.4, 0.5) is 13.2 Å². The maximum atomic E-state index is 13.4. The fraction of sp³-hybridized carbons (Fsp3) is 0.364. The minimum Gasteiger partial charge on any atom is -0.466 e. The predicted molar refractivity (Wildman–Crippen MR) is 54.2 cm³/mol. The van der Waals surface area contributed by atoms with Gasteiger partial charge in [0.05, 0.1) is 18.6 Å². The minimum absolute atomic E-state index is 0.119. The van der Waals surface area contributed by atoms with E-state index in [1.165, 1.54) is 6.07 Å². The number of pyridine rings is 1. The Morgan fingerprint density at radius 3 is 2.78 bits per heavy atom. The molecular weight excluding hydrogens is 249 g/mol. The molecule has 1 aromatic rings. The average Bonchev–Trinajstić information content (AvgIpc) is 2.31. The first-order valence-corrected chi connectivity index (χ1v) is 5.02. The van der Waals surface area contributed by atoms with Gasteiger partial charge in [0.25, 0.3) is 6.43 Å². The lowest BCUT2D eigenvalue weighted by Crippen LogP contribution is -2.11. The summed E-state index contributed by atoms with van der Waals surface area (Å²) in [6.07, 6.45) is -3.50. The zero-order valence-electron chi connectivity index (χ0n) is 9.41. The second-order valence-corrected chi connectivity index (χ2v) is 3.27. The Bertz CT molecular complexity index is 498. The number of hydrogen-bond acceptors (Lipinski definition) is 4. The number of ether oxygens (including phenoxy) is 1. The smallest absolute Gasteiger partial charge is 0.310 e. The molecule has 0 aliphatic rings. The van der Waals surface area contributed by atoms with E-state index >= 15 is 0 Å². The van der Waals surface area contributed by atoms with Crippen molar-refractivity contribution in [3.63, 3.8) is 0 Å². The topological polar surface area (TPSA) is 63.0 Å². The van der Waals surface area contributed by atoms with Crippen LogP contribution in [0.1, 0.15) is 30.2 Å². The van der Waals surface area contributed by atoms with Gasteiger partial charge in [-0.2, -0.15) is 9.65 Å². The van der Waals surface area contributed by atoms with Crippen LogP contribution in [0.25, 0.3) is 0 Å². The molecule has 0 saturated heterocycles. The van der Waals surface area contributed by atoms with Crippen LogP contribution in [0.5, 0.6) is 0 Å². The molecule has 0 atom stereocenters. The normalized spacial score (nSPS) is 10.2. The molecule has 0 saturated carbocycles. The third kappa shape index (κ3) is 3.20. The maximum absolute atomic E-state index is 13.4. The quantitative estimate of drug-likeness (QED) is 0.613. The van der Waals surface area contributed by atoms with E-state index in [0.29, 0.717) is 0 Å². The number of aromatic nitrogens is 1. The summed E-state index contributed by atoms with van der Waals surface area (Å²) in [6.45, 7) is 1.70. The fourth-order valence-corrected chi connectivity index (χ4v) is 1.29. The van der Waals surface area contributed by atoms with E-state index in [4.69, 9.17) is 5.26 Å². The first kappa shape index (κ1) is 14.0. The summed E-state index contributed by atoms with van der Waals surface area (Å²) in [7, 11) is 0. The lowest BCUT2D eigenvalue weighted by molar-refractivity contribution is -0.142. The number of rotatable bonds is 4. The summed E-state index contributed by atoms with van der Waals surface area (Å²) in [5.74, 6) is -1.91. The van der Waals surface area contributed by atoms with E-state index in [1.807, 2.05) is 0 Å². The standard InChI is InChI=1S/C11H9F3N2O2/c1-2-18-8(17)4-6-3-7(5-15)9(10(12)13)16-11(6)14/h3,10H,2,4H2,1H3. The third-order valence-corrected chi connectivity index (χ3v) is 2.05. The van der Waals surface area contributed by atoms with Gasteiger partial charge in [-0.15, -0.1) is 0 Å². The first-order valence-electron chi connectivity index (χ1n) is 5.02. The highest BCUT2D eigenvalue weighted by Crippen LogP contribution is 2.22. The highest BCUT2D eigenvalue weighted by Gasteiger charge is 2.20. The van der Waals surface area contributed by atoms with Crippen LogP contribution in [-0.4, -0.2) is 17.6 Å². The van der Waals surface area contributed by atoms with Crippen LogP contribution >= 0.6 is 0 Å². The SMILES string of the molecule is CCOC(=O)Cc1cc(C#N)c(C(F)F)nc1F. The summed E-state index contributed by atoms with van der Waals surface area (Å²) in [6, 6.07) is 2.38. The zero-order chi connectivity index (χ0) is 13.7. The van der Waals surface area contributed by atoms with Crippen molar-refractivity contribution < 1.29 is 22.7 Å². The lowest BCUT2D eigenvalue weighted by Gasteiger charge is -2.06. The monoisotopic (exact) mass is 258 g/mol. The molecule has 18 heavy (non-hydrogen) atoms. The molecule has 0 aliphatic carbocycles. The van der Waals surface area contributed by atoms with Crippen LogP contribution in [0.15, 0.2) is 6.07 Å². The Balaban J connectivity index is 3.09. The van der Waals surface area contributed by atoms with Crippen molar-refractivity contribution in [1.29, 1.82) is 5.26 Å². The molecule has 1 heterocycles. The van der Waals surface area contributed by atoms with Gasteiger partial charge >= 0.3 is 5.97 Å². The van der Waals surface area contributed by atoms with Crippen molar-refractivity contribution in [2.75, 3.05) is 6.61 Å². The second kappa shape index (κ2) is 6.00.